The first-order valence-electron chi connectivity index (χ1n) is 6.53. The van der Waals surface area contributed by atoms with Crippen molar-refractivity contribution in [2.45, 2.75) is 19.4 Å². The van der Waals surface area contributed by atoms with Crippen LogP contribution in [0.25, 0.3) is 0 Å². The van der Waals surface area contributed by atoms with Crippen molar-refractivity contribution >= 4 is 21.8 Å². The Morgan fingerprint density at radius 1 is 1.25 bits per heavy atom. The van der Waals surface area contributed by atoms with Gasteiger partial charge in [-0.05, 0) is 31.0 Å². The largest absolute Gasteiger partial charge is 0.348 e. The fourth-order valence-electron chi connectivity index (χ4n) is 2.03. The van der Waals surface area contributed by atoms with E-state index in [0.717, 1.165) is 12.1 Å². The fraction of sp³-hybridized carbons (Fsp3) is 0.250. The molecule has 1 N–H and O–H groups in total. The monoisotopic (exact) mass is 332 g/mol. The van der Waals surface area contributed by atoms with E-state index < -0.39 is 0 Å². The SMILES string of the molecule is Cc1ncccc1C(=O)NC(CBr)Cc1ccccc1. The Hall–Kier alpha value is -1.68. The minimum atomic E-state index is -0.0732. The first-order chi connectivity index (χ1) is 9.70. The molecule has 0 spiro atoms. The summed E-state index contributed by atoms with van der Waals surface area (Å²) in [6, 6.07) is 13.8. The van der Waals surface area contributed by atoms with Gasteiger partial charge in [-0.25, -0.2) is 0 Å². The Morgan fingerprint density at radius 3 is 2.65 bits per heavy atom. The number of aryl methyl sites for hydroxylation is 1. The second kappa shape index (κ2) is 7.20. The van der Waals surface area contributed by atoms with Crippen molar-refractivity contribution in [1.82, 2.24) is 10.3 Å². The highest BCUT2D eigenvalue weighted by molar-refractivity contribution is 9.09. The summed E-state index contributed by atoms with van der Waals surface area (Å²) in [7, 11) is 0. The fourth-order valence-corrected chi connectivity index (χ4v) is 2.42. The van der Waals surface area contributed by atoms with E-state index in [4.69, 9.17) is 0 Å². The van der Waals surface area contributed by atoms with E-state index in [1.165, 1.54) is 5.56 Å². The maximum Gasteiger partial charge on any atom is 0.253 e. The normalized spacial score (nSPS) is 11.9. The highest BCUT2D eigenvalue weighted by atomic mass is 79.9. The van der Waals surface area contributed by atoms with Crippen molar-refractivity contribution in [2.24, 2.45) is 0 Å². The van der Waals surface area contributed by atoms with Crippen molar-refractivity contribution < 1.29 is 4.79 Å². The third-order valence-corrected chi connectivity index (χ3v) is 3.88. The molecule has 4 heteroatoms. The molecule has 1 aromatic carbocycles. The minimum Gasteiger partial charge on any atom is -0.348 e. The topological polar surface area (TPSA) is 42.0 Å². The van der Waals surface area contributed by atoms with Crippen LogP contribution in [0.2, 0.25) is 0 Å². The Balaban J connectivity index is 2.03. The van der Waals surface area contributed by atoms with Crippen LogP contribution in [-0.2, 0) is 6.42 Å². The van der Waals surface area contributed by atoms with E-state index in [1.54, 1.807) is 18.3 Å². The Morgan fingerprint density at radius 2 is 2.00 bits per heavy atom. The van der Waals surface area contributed by atoms with Gasteiger partial charge in [0.05, 0.1) is 5.56 Å². The number of benzene rings is 1. The molecule has 1 atom stereocenters. The first kappa shape index (κ1) is 14.7. The number of hydrogen-bond acceptors (Lipinski definition) is 2. The average molecular weight is 333 g/mol. The number of nitrogens with zero attached hydrogens (tertiary/aromatic N) is 1. The van der Waals surface area contributed by atoms with E-state index >= 15 is 0 Å². The Kier molecular flexibility index (Phi) is 5.30. The lowest BCUT2D eigenvalue weighted by Gasteiger charge is -2.17. The molecular formula is C16H17BrN2O. The second-order valence-corrected chi connectivity index (χ2v) is 5.30. The van der Waals surface area contributed by atoms with Crippen LogP contribution >= 0.6 is 15.9 Å². The first-order valence-corrected chi connectivity index (χ1v) is 7.65. The van der Waals surface area contributed by atoms with Gasteiger partial charge in [0.25, 0.3) is 5.91 Å². The highest BCUT2D eigenvalue weighted by Gasteiger charge is 2.15. The molecule has 2 aromatic rings. The van der Waals surface area contributed by atoms with Gasteiger partial charge in [-0.3, -0.25) is 9.78 Å². The van der Waals surface area contributed by atoms with Crippen LogP contribution in [0.5, 0.6) is 0 Å². The lowest BCUT2D eigenvalue weighted by Crippen LogP contribution is -2.38. The van der Waals surface area contributed by atoms with Gasteiger partial charge in [0.15, 0.2) is 0 Å². The summed E-state index contributed by atoms with van der Waals surface area (Å²) in [5.74, 6) is -0.0732. The second-order valence-electron chi connectivity index (χ2n) is 4.65. The standard InChI is InChI=1S/C16H17BrN2O/c1-12-15(8-5-9-18-12)16(20)19-14(11-17)10-13-6-3-2-4-7-13/h2-9,14H,10-11H2,1H3,(H,19,20). The number of carbonyl (C=O) groups excluding carboxylic acids is 1. The van der Waals surface area contributed by atoms with Crippen LogP contribution in [0.3, 0.4) is 0 Å². The zero-order chi connectivity index (χ0) is 14.4. The summed E-state index contributed by atoms with van der Waals surface area (Å²) >= 11 is 3.46. The van der Waals surface area contributed by atoms with Crippen LogP contribution in [0.15, 0.2) is 48.7 Å². The molecule has 1 heterocycles. The predicted molar refractivity (Wildman–Crippen MR) is 84.2 cm³/mol. The van der Waals surface area contributed by atoms with E-state index in [-0.39, 0.29) is 11.9 Å². The summed E-state index contributed by atoms with van der Waals surface area (Å²) < 4.78 is 0. The minimum absolute atomic E-state index is 0.0597. The van der Waals surface area contributed by atoms with Crippen LogP contribution in [0.1, 0.15) is 21.6 Å². The number of aromatic nitrogens is 1. The van der Waals surface area contributed by atoms with Crippen molar-refractivity contribution in [3.8, 4) is 0 Å². The van der Waals surface area contributed by atoms with Crippen LogP contribution in [-0.4, -0.2) is 22.3 Å². The van der Waals surface area contributed by atoms with E-state index in [0.29, 0.717) is 10.9 Å². The summed E-state index contributed by atoms with van der Waals surface area (Å²) in [4.78, 5) is 16.4. The van der Waals surface area contributed by atoms with E-state index in [9.17, 15) is 4.79 Å². The molecule has 0 bridgehead atoms. The van der Waals surface area contributed by atoms with Gasteiger partial charge in [0.1, 0.15) is 0 Å². The third kappa shape index (κ3) is 3.90. The zero-order valence-electron chi connectivity index (χ0n) is 11.3. The number of carbonyl (C=O) groups is 1. The van der Waals surface area contributed by atoms with Crippen molar-refractivity contribution in [2.75, 3.05) is 5.33 Å². The number of rotatable bonds is 5. The van der Waals surface area contributed by atoms with Gasteiger partial charge in [-0.15, -0.1) is 0 Å². The molecule has 104 valence electrons. The Labute approximate surface area is 127 Å². The van der Waals surface area contributed by atoms with Gasteiger partial charge in [0, 0.05) is 23.3 Å². The number of alkyl halides is 1. The number of amides is 1. The molecule has 0 saturated carbocycles. The van der Waals surface area contributed by atoms with Crippen LogP contribution < -0.4 is 5.32 Å². The lowest BCUT2D eigenvalue weighted by molar-refractivity contribution is 0.0940. The molecule has 0 aliphatic heterocycles. The summed E-state index contributed by atoms with van der Waals surface area (Å²) in [5.41, 5.74) is 2.59. The molecule has 0 saturated heterocycles. The molecule has 3 nitrogen and oxygen atoms in total. The highest BCUT2D eigenvalue weighted by Crippen LogP contribution is 2.08. The smallest absolute Gasteiger partial charge is 0.253 e. The molecule has 20 heavy (non-hydrogen) atoms. The summed E-state index contributed by atoms with van der Waals surface area (Å²) in [6.45, 7) is 1.84. The maximum absolute atomic E-state index is 12.3. The van der Waals surface area contributed by atoms with Gasteiger partial charge in [-0.1, -0.05) is 46.3 Å². The van der Waals surface area contributed by atoms with Crippen molar-refractivity contribution in [3.05, 3.63) is 65.5 Å². The lowest BCUT2D eigenvalue weighted by atomic mass is 10.1. The quantitative estimate of drug-likeness (QED) is 0.854. The number of hydrogen-bond donors (Lipinski definition) is 1. The molecule has 0 aliphatic rings. The summed E-state index contributed by atoms with van der Waals surface area (Å²) in [6.07, 6.45) is 2.50. The van der Waals surface area contributed by atoms with Crippen LogP contribution in [0, 0.1) is 6.92 Å². The van der Waals surface area contributed by atoms with Gasteiger partial charge in [-0.2, -0.15) is 0 Å². The predicted octanol–water partition coefficient (Wildman–Crippen LogP) is 3.13. The molecule has 1 amide bonds. The van der Waals surface area contributed by atoms with E-state index in [2.05, 4.69) is 38.4 Å². The molecule has 0 fully saturated rings. The molecular weight excluding hydrogens is 316 g/mol. The Bertz CT molecular complexity index is 572. The average Bonchev–Trinajstić information content (AvgIpc) is 2.48. The molecule has 2 rings (SSSR count). The number of halogens is 1. The maximum atomic E-state index is 12.3. The number of pyridine rings is 1. The van der Waals surface area contributed by atoms with Crippen LogP contribution in [0.4, 0.5) is 0 Å². The molecule has 1 unspecified atom stereocenters. The third-order valence-electron chi connectivity index (χ3n) is 3.10. The zero-order valence-corrected chi connectivity index (χ0v) is 12.9. The van der Waals surface area contributed by atoms with Gasteiger partial charge < -0.3 is 5.32 Å². The molecule has 1 aromatic heterocycles. The molecule has 0 radical (unpaired) electrons. The van der Waals surface area contributed by atoms with E-state index in [1.807, 2.05) is 25.1 Å². The van der Waals surface area contributed by atoms with Crippen molar-refractivity contribution in [1.29, 1.82) is 0 Å². The summed E-state index contributed by atoms with van der Waals surface area (Å²) in [5, 5.41) is 3.76. The van der Waals surface area contributed by atoms with Gasteiger partial charge in [0.2, 0.25) is 0 Å². The van der Waals surface area contributed by atoms with Gasteiger partial charge >= 0.3 is 0 Å². The molecule has 0 aliphatic carbocycles. The number of nitrogens with one attached hydrogen (secondary N) is 1. The van der Waals surface area contributed by atoms with Crippen molar-refractivity contribution in [3.63, 3.8) is 0 Å².